The summed E-state index contributed by atoms with van der Waals surface area (Å²) < 4.78 is 5.14. The van der Waals surface area contributed by atoms with Crippen molar-refractivity contribution in [3.05, 3.63) is 23.8 Å². The molecule has 0 aliphatic heterocycles. The van der Waals surface area contributed by atoms with E-state index in [1.54, 1.807) is 7.11 Å². The van der Waals surface area contributed by atoms with E-state index in [1.807, 2.05) is 12.1 Å². The van der Waals surface area contributed by atoms with Gasteiger partial charge in [-0.2, -0.15) is 0 Å². The first-order valence-electron chi connectivity index (χ1n) is 5.68. The van der Waals surface area contributed by atoms with Crippen LogP contribution in [0.2, 0.25) is 0 Å². The van der Waals surface area contributed by atoms with E-state index in [2.05, 4.69) is 31.7 Å². The normalized spacial score (nSPS) is 10.8. The van der Waals surface area contributed by atoms with E-state index in [1.165, 1.54) is 5.69 Å². The topological polar surface area (TPSA) is 38.5 Å². The molecule has 1 rings (SSSR count). The summed E-state index contributed by atoms with van der Waals surface area (Å²) in [5.74, 6) is 0. The number of nitrogen functional groups attached to an aromatic ring is 1. The van der Waals surface area contributed by atoms with Crippen LogP contribution in [0.3, 0.4) is 0 Å². The van der Waals surface area contributed by atoms with Crippen LogP contribution in [0.5, 0.6) is 0 Å². The number of hydrogen-bond acceptors (Lipinski definition) is 3. The lowest BCUT2D eigenvalue weighted by Crippen LogP contribution is -2.34. The highest BCUT2D eigenvalue weighted by Gasteiger charge is 2.13. The molecule has 0 bridgehead atoms. The van der Waals surface area contributed by atoms with Gasteiger partial charge in [-0.15, -0.1) is 0 Å². The number of benzene rings is 1. The molecule has 3 heteroatoms. The Balaban J connectivity index is 2.96. The third-order valence-electron chi connectivity index (χ3n) is 2.82. The lowest BCUT2D eigenvalue weighted by Gasteiger charge is -2.30. The summed E-state index contributed by atoms with van der Waals surface area (Å²) in [6.07, 6.45) is 0. The molecule has 0 unspecified atom stereocenters. The van der Waals surface area contributed by atoms with Crippen molar-refractivity contribution in [2.24, 2.45) is 0 Å². The van der Waals surface area contributed by atoms with Gasteiger partial charge in [0.05, 0.1) is 6.61 Å². The van der Waals surface area contributed by atoms with Gasteiger partial charge in [-0.3, -0.25) is 0 Å². The molecule has 1 aromatic rings. The maximum absolute atomic E-state index is 5.93. The third-order valence-corrected chi connectivity index (χ3v) is 2.82. The molecule has 0 aliphatic carbocycles. The molecule has 16 heavy (non-hydrogen) atoms. The fourth-order valence-electron chi connectivity index (χ4n) is 1.80. The summed E-state index contributed by atoms with van der Waals surface area (Å²) in [5.41, 5.74) is 9.12. The predicted molar refractivity (Wildman–Crippen MR) is 69.9 cm³/mol. The standard InChI is InChI=1S/C13H22N2O/c1-10(2)15(8-9-16-4)13-7-5-6-12(14)11(13)3/h5-7,10H,8-9,14H2,1-4H3. The number of nitrogens with zero attached hydrogens (tertiary/aromatic N) is 1. The molecule has 0 amide bonds. The van der Waals surface area contributed by atoms with E-state index in [-0.39, 0.29) is 0 Å². The van der Waals surface area contributed by atoms with Crippen LogP contribution in [-0.4, -0.2) is 26.3 Å². The number of hydrogen-bond donors (Lipinski definition) is 1. The van der Waals surface area contributed by atoms with E-state index in [4.69, 9.17) is 10.5 Å². The zero-order chi connectivity index (χ0) is 12.1. The number of methoxy groups -OCH3 is 1. The maximum atomic E-state index is 5.93. The summed E-state index contributed by atoms with van der Waals surface area (Å²) in [5, 5.41) is 0. The van der Waals surface area contributed by atoms with Crippen LogP contribution in [0, 0.1) is 6.92 Å². The van der Waals surface area contributed by atoms with Gasteiger partial charge in [0.2, 0.25) is 0 Å². The molecular weight excluding hydrogens is 200 g/mol. The monoisotopic (exact) mass is 222 g/mol. The van der Waals surface area contributed by atoms with Crippen molar-refractivity contribution in [2.45, 2.75) is 26.8 Å². The first kappa shape index (κ1) is 12.8. The van der Waals surface area contributed by atoms with Gasteiger partial charge in [-0.25, -0.2) is 0 Å². The first-order chi connectivity index (χ1) is 7.57. The molecule has 90 valence electrons. The van der Waals surface area contributed by atoms with Crippen LogP contribution in [0.1, 0.15) is 19.4 Å². The Labute approximate surface area is 98.2 Å². The van der Waals surface area contributed by atoms with Crippen molar-refractivity contribution in [3.63, 3.8) is 0 Å². The summed E-state index contributed by atoms with van der Waals surface area (Å²) in [6, 6.07) is 6.49. The van der Waals surface area contributed by atoms with Crippen molar-refractivity contribution in [2.75, 3.05) is 30.9 Å². The number of rotatable bonds is 5. The second-order valence-electron chi connectivity index (χ2n) is 4.27. The summed E-state index contributed by atoms with van der Waals surface area (Å²) in [6.45, 7) is 8.04. The van der Waals surface area contributed by atoms with Gasteiger partial charge in [0.1, 0.15) is 0 Å². The summed E-state index contributed by atoms with van der Waals surface area (Å²) in [7, 11) is 1.73. The smallest absolute Gasteiger partial charge is 0.0637 e. The Morgan fingerprint density at radius 2 is 2.06 bits per heavy atom. The zero-order valence-corrected chi connectivity index (χ0v) is 10.7. The minimum Gasteiger partial charge on any atom is -0.398 e. The van der Waals surface area contributed by atoms with E-state index >= 15 is 0 Å². The molecule has 0 aromatic heterocycles. The Morgan fingerprint density at radius 1 is 1.38 bits per heavy atom. The molecule has 0 fully saturated rings. The quantitative estimate of drug-likeness (QED) is 0.778. The second kappa shape index (κ2) is 5.75. The summed E-state index contributed by atoms with van der Waals surface area (Å²) in [4.78, 5) is 2.31. The highest BCUT2D eigenvalue weighted by molar-refractivity contribution is 5.64. The second-order valence-corrected chi connectivity index (χ2v) is 4.27. The zero-order valence-electron chi connectivity index (χ0n) is 10.7. The van der Waals surface area contributed by atoms with E-state index in [9.17, 15) is 0 Å². The van der Waals surface area contributed by atoms with Gasteiger partial charge in [0.25, 0.3) is 0 Å². The number of nitrogens with two attached hydrogens (primary N) is 1. The van der Waals surface area contributed by atoms with Gasteiger partial charge < -0.3 is 15.4 Å². The third kappa shape index (κ3) is 2.89. The van der Waals surface area contributed by atoms with E-state index in [0.717, 1.165) is 24.4 Å². The fourth-order valence-corrected chi connectivity index (χ4v) is 1.80. The SMILES string of the molecule is COCCN(c1cccc(N)c1C)C(C)C. The van der Waals surface area contributed by atoms with E-state index in [0.29, 0.717) is 6.04 Å². The minimum atomic E-state index is 0.440. The van der Waals surface area contributed by atoms with Crippen molar-refractivity contribution < 1.29 is 4.74 Å². The van der Waals surface area contributed by atoms with Crippen molar-refractivity contribution >= 4 is 11.4 Å². The molecule has 0 spiro atoms. The molecule has 2 N–H and O–H groups in total. The molecule has 0 atom stereocenters. The van der Waals surface area contributed by atoms with Gasteiger partial charge >= 0.3 is 0 Å². The molecule has 1 aromatic carbocycles. The Kier molecular flexibility index (Phi) is 4.62. The summed E-state index contributed by atoms with van der Waals surface area (Å²) >= 11 is 0. The van der Waals surface area contributed by atoms with Crippen LogP contribution in [0.15, 0.2) is 18.2 Å². The minimum absolute atomic E-state index is 0.440. The van der Waals surface area contributed by atoms with Gasteiger partial charge in [0, 0.05) is 31.1 Å². The van der Waals surface area contributed by atoms with Crippen LogP contribution in [0.25, 0.3) is 0 Å². The maximum Gasteiger partial charge on any atom is 0.0637 e. The number of ether oxygens (including phenoxy) is 1. The Bertz CT molecular complexity index is 337. The van der Waals surface area contributed by atoms with Crippen LogP contribution < -0.4 is 10.6 Å². The molecule has 3 nitrogen and oxygen atoms in total. The average molecular weight is 222 g/mol. The van der Waals surface area contributed by atoms with Crippen molar-refractivity contribution in [3.8, 4) is 0 Å². The van der Waals surface area contributed by atoms with Crippen LogP contribution in [0.4, 0.5) is 11.4 Å². The van der Waals surface area contributed by atoms with Gasteiger partial charge in [-0.1, -0.05) is 6.07 Å². The molecular formula is C13H22N2O. The largest absolute Gasteiger partial charge is 0.398 e. The fraction of sp³-hybridized carbons (Fsp3) is 0.538. The molecule has 0 saturated carbocycles. The molecule has 0 heterocycles. The first-order valence-corrected chi connectivity index (χ1v) is 5.68. The lowest BCUT2D eigenvalue weighted by atomic mass is 10.1. The Morgan fingerprint density at radius 3 is 2.62 bits per heavy atom. The van der Waals surface area contributed by atoms with Gasteiger partial charge in [-0.05, 0) is 38.5 Å². The Hall–Kier alpha value is -1.22. The highest BCUT2D eigenvalue weighted by atomic mass is 16.5. The molecule has 0 saturated heterocycles. The molecule has 0 radical (unpaired) electrons. The van der Waals surface area contributed by atoms with Crippen molar-refractivity contribution in [1.82, 2.24) is 0 Å². The van der Waals surface area contributed by atoms with Crippen LogP contribution in [-0.2, 0) is 4.74 Å². The van der Waals surface area contributed by atoms with Gasteiger partial charge in [0.15, 0.2) is 0 Å². The van der Waals surface area contributed by atoms with Crippen LogP contribution >= 0.6 is 0 Å². The number of anilines is 2. The van der Waals surface area contributed by atoms with Crippen molar-refractivity contribution in [1.29, 1.82) is 0 Å². The predicted octanol–water partition coefficient (Wildman–Crippen LogP) is 2.44. The lowest BCUT2D eigenvalue weighted by molar-refractivity contribution is 0.204. The molecule has 0 aliphatic rings. The highest BCUT2D eigenvalue weighted by Crippen LogP contribution is 2.26. The average Bonchev–Trinajstić information content (AvgIpc) is 2.24. The van der Waals surface area contributed by atoms with E-state index < -0.39 is 0 Å².